The Morgan fingerprint density at radius 2 is 2.09 bits per heavy atom. The number of hydrogen-bond donors (Lipinski definition) is 2. The van der Waals surface area contributed by atoms with E-state index in [2.05, 4.69) is 10.2 Å². The zero-order valence-corrected chi connectivity index (χ0v) is 12.8. The number of aromatic amines is 1. The van der Waals surface area contributed by atoms with E-state index in [1.807, 2.05) is 19.2 Å². The van der Waals surface area contributed by atoms with Crippen LogP contribution in [0.2, 0.25) is 0 Å². The second kappa shape index (κ2) is 6.58. The fraction of sp³-hybridized carbons (Fsp3) is 0.714. The number of hydrogen-bond acceptors (Lipinski definition) is 2. The molecule has 5 nitrogen and oxygen atoms in total. The Balaban J connectivity index is 2.19. The van der Waals surface area contributed by atoms with Crippen molar-refractivity contribution in [2.45, 2.75) is 51.7 Å². The molecule has 0 unspecified atom stereocenters. The summed E-state index contributed by atoms with van der Waals surface area (Å²) >= 11 is 0. The van der Waals surface area contributed by atoms with Crippen molar-refractivity contribution >= 4 is 6.03 Å². The molecule has 124 valence electrons. The Labute approximate surface area is 127 Å². The molecule has 1 atom stereocenters. The summed E-state index contributed by atoms with van der Waals surface area (Å²) in [6.45, 7) is 2.86. The van der Waals surface area contributed by atoms with Gasteiger partial charge in [-0.25, -0.2) is 4.79 Å². The second-order valence-corrected chi connectivity index (χ2v) is 5.68. The molecule has 0 bridgehead atoms. The van der Waals surface area contributed by atoms with Gasteiger partial charge in [0.15, 0.2) is 0 Å². The van der Waals surface area contributed by atoms with Crippen LogP contribution in [0, 0.1) is 13.8 Å². The van der Waals surface area contributed by atoms with E-state index in [0.717, 1.165) is 42.6 Å². The summed E-state index contributed by atoms with van der Waals surface area (Å²) in [5, 5.41) is 9.00. The molecule has 1 aromatic heterocycles. The smallest absolute Gasteiger partial charge is 0.329 e. The highest BCUT2D eigenvalue weighted by molar-refractivity contribution is 5.75. The molecule has 1 saturated heterocycles. The predicted octanol–water partition coefficient (Wildman–Crippen LogP) is 3.22. The number of nitrogens with zero attached hydrogens (tertiary/aromatic N) is 2. The van der Waals surface area contributed by atoms with Gasteiger partial charge in [-0.2, -0.15) is 18.3 Å². The average Bonchev–Trinajstić information content (AvgIpc) is 2.66. The Kier molecular flexibility index (Phi) is 4.97. The number of nitrogens with one attached hydrogen (secondary N) is 2. The standard InChI is InChI=1S/C14H21F3N4O/c1-9-12(10(2)20-19-9)11-6-4-3-5-7-21(11)13(22)18-8-14(15,16)17/h11H,3-8H2,1-2H3,(H,18,22)(H,19,20)/t11-/m1/s1. The van der Waals surface area contributed by atoms with Gasteiger partial charge in [0.05, 0.1) is 11.7 Å². The minimum absolute atomic E-state index is 0.227. The van der Waals surface area contributed by atoms with Crippen LogP contribution in [0.25, 0.3) is 0 Å². The Morgan fingerprint density at radius 3 is 2.68 bits per heavy atom. The number of amides is 2. The maximum absolute atomic E-state index is 12.3. The molecule has 0 radical (unpaired) electrons. The first-order valence-corrected chi connectivity index (χ1v) is 7.42. The van der Waals surface area contributed by atoms with Crippen molar-refractivity contribution in [2.75, 3.05) is 13.1 Å². The van der Waals surface area contributed by atoms with E-state index in [-0.39, 0.29) is 6.04 Å². The third-order valence-electron chi connectivity index (χ3n) is 3.97. The van der Waals surface area contributed by atoms with Gasteiger partial charge in [-0.15, -0.1) is 0 Å². The molecular weight excluding hydrogens is 297 g/mol. The maximum atomic E-state index is 12.3. The molecule has 2 amide bonds. The summed E-state index contributed by atoms with van der Waals surface area (Å²) in [5.41, 5.74) is 2.57. The van der Waals surface area contributed by atoms with Crippen LogP contribution in [0.4, 0.5) is 18.0 Å². The Morgan fingerprint density at radius 1 is 1.36 bits per heavy atom. The Bertz CT molecular complexity index is 507. The van der Waals surface area contributed by atoms with Crippen molar-refractivity contribution in [1.29, 1.82) is 0 Å². The lowest BCUT2D eigenvalue weighted by atomic mass is 9.99. The van der Waals surface area contributed by atoms with Gasteiger partial charge in [0.1, 0.15) is 6.54 Å². The molecule has 0 aliphatic carbocycles. The van der Waals surface area contributed by atoms with Crippen molar-refractivity contribution in [3.8, 4) is 0 Å². The summed E-state index contributed by atoms with van der Waals surface area (Å²) in [6, 6.07) is -0.890. The van der Waals surface area contributed by atoms with Crippen molar-refractivity contribution in [3.63, 3.8) is 0 Å². The normalized spacial score (nSPS) is 19.9. The van der Waals surface area contributed by atoms with E-state index < -0.39 is 18.8 Å². The number of aryl methyl sites for hydroxylation is 2. The molecule has 0 aromatic carbocycles. The summed E-state index contributed by atoms with van der Waals surface area (Å²) in [6.07, 6.45) is -0.960. The van der Waals surface area contributed by atoms with Crippen molar-refractivity contribution < 1.29 is 18.0 Å². The molecule has 2 N–H and O–H groups in total. The van der Waals surface area contributed by atoms with E-state index >= 15 is 0 Å². The predicted molar refractivity (Wildman–Crippen MR) is 75.4 cm³/mol. The number of rotatable bonds is 2. The SMILES string of the molecule is Cc1n[nH]c(C)c1[C@H]1CCCCCN1C(=O)NCC(F)(F)F. The molecule has 1 fully saturated rings. The van der Waals surface area contributed by atoms with E-state index in [9.17, 15) is 18.0 Å². The fourth-order valence-electron chi connectivity index (χ4n) is 2.98. The van der Waals surface area contributed by atoms with Crippen molar-refractivity contribution in [2.24, 2.45) is 0 Å². The maximum Gasteiger partial charge on any atom is 0.405 e. The summed E-state index contributed by atoms with van der Waals surface area (Å²) in [5.74, 6) is 0. The Hall–Kier alpha value is -1.73. The second-order valence-electron chi connectivity index (χ2n) is 5.68. The van der Waals surface area contributed by atoms with Crippen LogP contribution in [-0.4, -0.2) is 40.4 Å². The third kappa shape index (κ3) is 3.92. The minimum Gasteiger partial charge on any atom is -0.329 e. The van der Waals surface area contributed by atoms with Crippen LogP contribution in [0.3, 0.4) is 0 Å². The van der Waals surface area contributed by atoms with Gasteiger partial charge >= 0.3 is 12.2 Å². The third-order valence-corrected chi connectivity index (χ3v) is 3.97. The first kappa shape index (κ1) is 16.6. The number of carbonyl (C=O) groups is 1. The number of alkyl halides is 3. The number of urea groups is 1. The van der Waals surface area contributed by atoms with Crippen molar-refractivity contribution in [3.05, 3.63) is 17.0 Å². The summed E-state index contributed by atoms with van der Waals surface area (Å²) < 4.78 is 36.9. The first-order chi connectivity index (χ1) is 10.3. The van der Waals surface area contributed by atoms with E-state index in [1.54, 1.807) is 0 Å². The quantitative estimate of drug-likeness (QED) is 0.879. The molecular formula is C14H21F3N4O. The lowest BCUT2D eigenvalue weighted by Gasteiger charge is -2.30. The largest absolute Gasteiger partial charge is 0.405 e. The topological polar surface area (TPSA) is 61.0 Å². The van der Waals surface area contributed by atoms with Crippen LogP contribution < -0.4 is 5.32 Å². The number of likely N-dealkylation sites (tertiary alicyclic amines) is 1. The van der Waals surface area contributed by atoms with Gasteiger partial charge in [-0.05, 0) is 26.7 Å². The van der Waals surface area contributed by atoms with Crippen LogP contribution in [0.5, 0.6) is 0 Å². The zero-order valence-electron chi connectivity index (χ0n) is 12.8. The lowest BCUT2D eigenvalue weighted by molar-refractivity contribution is -0.123. The highest BCUT2D eigenvalue weighted by Crippen LogP contribution is 2.33. The lowest BCUT2D eigenvalue weighted by Crippen LogP contribution is -2.45. The van der Waals surface area contributed by atoms with Gasteiger partial charge in [0, 0.05) is 17.8 Å². The van der Waals surface area contributed by atoms with E-state index in [0.29, 0.717) is 6.54 Å². The molecule has 1 aliphatic rings. The van der Waals surface area contributed by atoms with Gasteiger partial charge in [0.2, 0.25) is 0 Å². The fourth-order valence-corrected chi connectivity index (χ4v) is 2.98. The van der Waals surface area contributed by atoms with Gasteiger partial charge in [0.25, 0.3) is 0 Å². The number of H-pyrrole nitrogens is 1. The van der Waals surface area contributed by atoms with Crippen LogP contribution in [0.15, 0.2) is 0 Å². The molecule has 1 aliphatic heterocycles. The highest BCUT2D eigenvalue weighted by atomic mass is 19.4. The molecule has 2 rings (SSSR count). The number of carbonyl (C=O) groups excluding carboxylic acids is 1. The minimum atomic E-state index is -4.40. The van der Waals surface area contributed by atoms with Gasteiger partial charge in [-0.3, -0.25) is 5.10 Å². The number of aromatic nitrogens is 2. The molecule has 8 heteroatoms. The van der Waals surface area contributed by atoms with Crippen LogP contribution in [0.1, 0.15) is 48.7 Å². The van der Waals surface area contributed by atoms with Crippen LogP contribution in [-0.2, 0) is 0 Å². The summed E-state index contributed by atoms with van der Waals surface area (Å²) in [7, 11) is 0. The summed E-state index contributed by atoms with van der Waals surface area (Å²) in [4.78, 5) is 13.7. The van der Waals surface area contributed by atoms with E-state index in [1.165, 1.54) is 4.90 Å². The molecule has 0 spiro atoms. The average molecular weight is 318 g/mol. The van der Waals surface area contributed by atoms with E-state index in [4.69, 9.17) is 0 Å². The van der Waals surface area contributed by atoms with Gasteiger partial charge < -0.3 is 10.2 Å². The first-order valence-electron chi connectivity index (χ1n) is 7.42. The monoisotopic (exact) mass is 318 g/mol. The molecule has 0 saturated carbocycles. The van der Waals surface area contributed by atoms with Crippen LogP contribution >= 0.6 is 0 Å². The highest BCUT2D eigenvalue weighted by Gasteiger charge is 2.33. The molecule has 22 heavy (non-hydrogen) atoms. The molecule has 1 aromatic rings. The molecule has 2 heterocycles. The van der Waals surface area contributed by atoms with Crippen molar-refractivity contribution in [1.82, 2.24) is 20.4 Å². The number of halogens is 3. The van der Waals surface area contributed by atoms with Gasteiger partial charge in [-0.1, -0.05) is 12.8 Å². The zero-order chi connectivity index (χ0) is 16.3.